The number of hydrogen-bond acceptors (Lipinski definition) is 4. The van der Waals surface area contributed by atoms with Gasteiger partial charge in [-0.2, -0.15) is 4.31 Å². The van der Waals surface area contributed by atoms with E-state index in [4.69, 9.17) is 0 Å². The van der Waals surface area contributed by atoms with Crippen LogP contribution in [0.4, 0.5) is 0 Å². The lowest BCUT2D eigenvalue weighted by Gasteiger charge is -2.14. The van der Waals surface area contributed by atoms with E-state index >= 15 is 0 Å². The number of likely N-dealkylation sites (N-methyl/N-ethyl adjacent to an activating group) is 1. The van der Waals surface area contributed by atoms with Gasteiger partial charge in [0, 0.05) is 32.4 Å². The van der Waals surface area contributed by atoms with Crippen molar-refractivity contribution in [3.05, 3.63) is 12.0 Å². The van der Waals surface area contributed by atoms with Crippen LogP contribution in [-0.2, 0) is 17.1 Å². The molecule has 0 spiro atoms. The third kappa shape index (κ3) is 2.22. The van der Waals surface area contributed by atoms with Gasteiger partial charge in [-0.15, -0.1) is 0 Å². The van der Waals surface area contributed by atoms with E-state index in [1.165, 1.54) is 4.31 Å². The van der Waals surface area contributed by atoms with E-state index in [9.17, 15) is 8.42 Å². The molecular weight excluding hydrogens is 240 g/mol. The van der Waals surface area contributed by atoms with E-state index in [-0.39, 0.29) is 11.1 Å². The number of imidazole rings is 1. The van der Waals surface area contributed by atoms with Crippen molar-refractivity contribution in [2.45, 2.75) is 24.4 Å². The summed E-state index contributed by atoms with van der Waals surface area (Å²) < 4.78 is 27.8. The van der Waals surface area contributed by atoms with Gasteiger partial charge in [-0.25, -0.2) is 13.4 Å². The summed E-state index contributed by atoms with van der Waals surface area (Å²) in [5, 5.41) is 3.25. The Bertz CT molecular complexity index is 489. The van der Waals surface area contributed by atoms with Gasteiger partial charge in [0.15, 0.2) is 5.03 Å². The molecule has 1 saturated heterocycles. The fourth-order valence-corrected chi connectivity index (χ4v) is 3.49. The van der Waals surface area contributed by atoms with Crippen LogP contribution in [0.1, 0.15) is 12.2 Å². The van der Waals surface area contributed by atoms with E-state index in [1.54, 1.807) is 24.7 Å². The van der Waals surface area contributed by atoms with Gasteiger partial charge in [-0.05, 0) is 20.4 Å². The summed E-state index contributed by atoms with van der Waals surface area (Å²) in [6.45, 7) is 2.87. The molecule has 1 fully saturated rings. The summed E-state index contributed by atoms with van der Waals surface area (Å²) in [7, 11) is 0.224. The van der Waals surface area contributed by atoms with Crippen molar-refractivity contribution in [1.82, 2.24) is 19.2 Å². The van der Waals surface area contributed by atoms with E-state index in [2.05, 4.69) is 10.3 Å². The zero-order valence-corrected chi connectivity index (χ0v) is 11.2. The number of rotatable bonds is 3. The highest BCUT2D eigenvalue weighted by molar-refractivity contribution is 7.89. The predicted molar refractivity (Wildman–Crippen MR) is 64.2 cm³/mol. The molecule has 0 aliphatic carbocycles. The fraction of sp³-hybridized carbons (Fsp3) is 0.700. The lowest BCUT2D eigenvalue weighted by Crippen LogP contribution is -2.33. The maximum Gasteiger partial charge on any atom is 0.262 e. The quantitative estimate of drug-likeness (QED) is 0.809. The van der Waals surface area contributed by atoms with Gasteiger partial charge < -0.3 is 9.88 Å². The monoisotopic (exact) mass is 258 g/mol. The molecule has 1 aromatic rings. The molecule has 0 radical (unpaired) electrons. The van der Waals surface area contributed by atoms with Gasteiger partial charge >= 0.3 is 0 Å². The van der Waals surface area contributed by atoms with Crippen molar-refractivity contribution in [3.63, 3.8) is 0 Å². The standard InChI is InChI=1S/C10H18N4O2S/c1-8-12-10(7-13(8)3)17(15,16)14-5-4-9(6-14)11-2/h7,9,11H,4-6H2,1-3H3. The Morgan fingerprint density at radius 3 is 2.71 bits per heavy atom. The minimum Gasteiger partial charge on any atom is -0.337 e. The summed E-state index contributed by atoms with van der Waals surface area (Å²) in [6.07, 6.45) is 2.42. The van der Waals surface area contributed by atoms with Crippen LogP contribution in [0.5, 0.6) is 0 Å². The van der Waals surface area contributed by atoms with Gasteiger partial charge in [-0.1, -0.05) is 0 Å². The number of hydrogen-bond donors (Lipinski definition) is 1. The number of aromatic nitrogens is 2. The maximum absolute atomic E-state index is 12.3. The van der Waals surface area contributed by atoms with E-state index in [0.29, 0.717) is 18.9 Å². The molecule has 96 valence electrons. The van der Waals surface area contributed by atoms with Gasteiger partial charge in [-0.3, -0.25) is 0 Å². The van der Waals surface area contributed by atoms with Crippen LogP contribution in [0.25, 0.3) is 0 Å². The zero-order valence-electron chi connectivity index (χ0n) is 10.3. The Labute approximate surface area is 102 Å². The second-order valence-electron chi connectivity index (χ2n) is 4.37. The van der Waals surface area contributed by atoms with Crippen LogP contribution in [-0.4, -0.2) is 48.5 Å². The van der Waals surface area contributed by atoms with Crippen LogP contribution in [0.15, 0.2) is 11.2 Å². The number of nitrogens with one attached hydrogen (secondary N) is 1. The Kier molecular flexibility index (Phi) is 3.24. The Morgan fingerprint density at radius 1 is 1.53 bits per heavy atom. The van der Waals surface area contributed by atoms with Crippen LogP contribution < -0.4 is 5.32 Å². The number of sulfonamides is 1. The first kappa shape index (κ1) is 12.5. The molecule has 1 aliphatic heterocycles. The van der Waals surface area contributed by atoms with Crippen molar-refractivity contribution in [2.24, 2.45) is 7.05 Å². The third-order valence-corrected chi connectivity index (χ3v) is 4.99. The van der Waals surface area contributed by atoms with Gasteiger partial charge in [0.25, 0.3) is 10.0 Å². The largest absolute Gasteiger partial charge is 0.337 e. The molecule has 1 atom stereocenters. The molecule has 0 aromatic carbocycles. The topological polar surface area (TPSA) is 67.2 Å². The third-order valence-electron chi connectivity index (χ3n) is 3.25. The maximum atomic E-state index is 12.3. The van der Waals surface area contributed by atoms with E-state index < -0.39 is 10.0 Å². The van der Waals surface area contributed by atoms with Gasteiger partial charge in [0.05, 0.1) is 0 Å². The molecule has 0 amide bonds. The van der Waals surface area contributed by atoms with Crippen molar-refractivity contribution in [3.8, 4) is 0 Å². The Hall–Kier alpha value is -0.920. The smallest absolute Gasteiger partial charge is 0.262 e. The zero-order chi connectivity index (χ0) is 12.6. The summed E-state index contributed by atoms with van der Waals surface area (Å²) in [6, 6.07) is 0.245. The van der Waals surface area contributed by atoms with Crippen LogP contribution in [0.3, 0.4) is 0 Å². The Balaban J connectivity index is 2.25. The molecule has 1 aliphatic rings. The lowest BCUT2D eigenvalue weighted by atomic mass is 10.3. The number of nitrogens with zero attached hydrogens (tertiary/aromatic N) is 3. The average molecular weight is 258 g/mol. The lowest BCUT2D eigenvalue weighted by molar-refractivity contribution is 0.462. The molecular formula is C10H18N4O2S. The van der Waals surface area contributed by atoms with Crippen LogP contribution in [0.2, 0.25) is 0 Å². The molecule has 0 saturated carbocycles. The summed E-state index contributed by atoms with van der Waals surface area (Å²) in [5.74, 6) is 0.702. The Morgan fingerprint density at radius 2 is 2.24 bits per heavy atom. The highest BCUT2D eigenvalue weighted by Gasteiger charge is 2.33. The molecule has 2 heterocycles. The SMILES string of the molecule is CNC1CCN(S(=O)(=O)c2cn(C)c(C)n2)C1. The second-order valence-corrected chi connectivity index (χ2v) is 6.26. The normalized spacial score (nSPS) is 22.2. The number of aryl methyl sites for hydroxylation is 2. The molecule has 17 heavy (non-hydrogen) atoms. The molecule has 6 nitrogen and oxygen atoms in total. The highest BCUT2D eigenvalue weighted by atomic mass is 32.2. The van der Waals surface area contributed by atoms with Gasteiger partial charge in [0.2, 0.25) is 0 Å². The minimum atomic E-state index is -3.42. The summed E-state index contributed by atoms with van der Waals surface area (Å²) in [5.41, 5.74) is 0. The minimum absolute atomic E-state index is 0.147. The second kappa shape index (κ2) is 4.40. The summed E-state index contributed by atoms with van der Waals surface area (Å²) >= 11 is 0. The predicted octanol–water partition coefficient (Wildman–Crippen LogP) is -0.289. The van der Waals surface area contributed by atoms with Crippen molar-refractivity contribution < 1.29 is 8.42 Å². The molecule has 7 heteroatoms. The molecule has 2 rings (SSSR count). The molecule has 1 aromatic heterocycles. The molecule has 1 N–H and O–H groups in total. The average Bonchev–Trinajstić information content (AvgIpc) is 2.87. The fourth-order valence-electron chi connectivity index (χ4n) is 1.96. The van der Waals surface area contributed by atoms with Crippen molar-refractivity contribution >= 4 is 10.0 Å². The molecule has 1 unspecified atom stereocenters. The summed E-state index contributed by atoms with van der Waals surface area (Å²) in [4.78, 5) is 4.09. The van der Waals surface area contributed by atoms with Crippen LogP contribution >= 0.6 is 0 Å². The van der Waals surface area contributed by atoms with Crippen LogP contribution in [0, 0.1) is 6.92 Å². The first-order valence-electron chi connectivity index (χ1n) is 5.62. The molecule has 0 bridgehead atoms. The van der Waals surface area contributed by atoms with Gasteiger partial charge in [0.1, 0.15) is 5.82 Å². The first-order valence-corrected chi connectivity index (χ1v) is 7.06. The van der Waals surface area contributed by atoms with Crippen molar-refractivity contribution in [2.75, 3.05) is 20.1 Å². The van der Waals surface area contributed by atoms with E-state index in [1.807, 2.05) is 7.05 Å². The van der Waals surface area contributed by atoms with E-state index in [0.717, 1.165) is 6.42 Å². The highest BCUT2D eigenvalue weighted by Crippen LogP contribution is 2.20. The van der Waals surface area contributed by atoms with Crippen molar-refractivity contribution in [1.29, 1.82) is 0 Å². The first-order chi connectivity index (χ1) is 7.95.